The van der Waals surface area contributed by atoms with Gasteiger partial charge in [-0.05, 0) is 19.0 Å². The van der Waals surface area contributed by atoms with Crippen LogP contribution in [0, 0.1) is 0 Å². The molecule has 2 heterocycles. The number of benzene rings is 1. The number of aryl methyl sites for hydroxylation is 1. The van der Waals surface area contributed by atoms with E-state index in [0.29, 0.717) is 48.9 Å². The van der Waals surface area contributed by atoms with Crippen molar-refractivity contribution in [1.82, 2.24) is 25.2 Å². The molecule has 1 aromatic carbocycles. The lowest BCUT2D eigenvalue weighted by molar-refractivity contribution is -0.154. The van der Waals surface area contributed by atoms with Crippen molar-refractivity contribution in [2.24, 2.45) is 5.73 Å². The molecule has 12 nitrogen and oxygen atoms in total. The lowest BCUT2D eigenvalue weighted by atomic mass is 10.2. The Balaban J connectivity index is 1.56. The number of nitrogens with zero attached hydrogens (tertiary/aromatic N) is 3. The Bertz CT molecular complexity index is 1300. The predicted octanol–water partition coefficient (Wildman–Crippen LogP) is 1.34. The van der Waals surface area contributed by atoms with Gasteiger partial charge in [-0.2, -0.15) is 11.8 Å². The van der Waals surface area contributed by atoms with E-state index in [1.807, 2.05) is 31.2 Å². The highest BCUT2D eigenvalue weighted by Crippen LogP contribution is 2.29. The average molecular weight is 560 g/mol. The second-order valence-electron chi connectivity index (χ2n) is 8.99. The van der Waals surface area contributed by atoms with Crippen LogP contribution in [0.25, 0.3) is 21.9 Å². The van der Waals surface area contributed by atoms with Gasteiger partial charge in [0.15, 0.2) is 5.82 Å². The summed E-state index contributed by atoms with van der Waals surface area (Å²) in [4.78, 5) is 44.2. The zero-order chi connectivity index (χ0) is 28.4. The molecule has 0 radical (unpaired) electrons. The number of fused-ring (bicyclic) bond motifs is 3. The second-order valence-corrected chi connectivity index (χ2v) is 10.1. The van der Waals surface area contributed by atoms with Crippen LogP contribution in [0.1, 0.15) is 33.0 Å². The summed E-state index contributed by atoms with van der Waals surface area (Å²) in [7, 11) is 0. The van der Waals surface area contributed by atoms with Crippen molar-refractivity contribution in [3.8, 4) is 0 Å². The summed E-state index contributed by atoms with van der Waals surface area (Å²) in [6.07, 6.45) is 0.0530. The number of carbonyl (C=O) groups is 3. The highest BCUT2D eigenvalue weighted by atomic mass is 32.2. The molecule has 2 aromatic heterocycles. The normalized spacial score (nSPS) is 12.8. The number of imidazole rings is 1. The minimum atomic E-state index is -0.741. The molecule has 0 fully saturated rings. The minimum absolute atomic E-state index is 0.0426. The number of para-hydroxylation sites is 1. The summed E-state index contributed by atoms with van der Waals surface area (Å²) < 4.78 is 12.2. The molecule has 6 N–H and O–H groups in total. The largest absolute Gasteiger partial charge is 0.462 e. The van der Waals surface area contributed by atoms with Gasteiger partial charge in [0.05, 0.1) is 23.6 Å². The Morgan fingerprint density at radius 3 is 2.62 bits per heavy atom. The maximum absolute atomic E-state index is 12.6. The molecule has 212 valence electrons. The van der Waals surface area contributed by atoms with Crippen LogP contribution < -0.4 is 22.1 Å². The fraction of sp³-hybridized carbons (Fsp3) is 0.500. The number of amides is 1. The van der Waals surface area contributed by atoms with Crippen molar-refractivity contribution in [1.29, 1.82) is 0 Å². The zero-order valence-electron chi connectivity index (χ0n) is 22.6. The Morgan fingerprint density at radius 2 is 1.90 bits per heavy atom. The van der Waals surface area contributed by atoms with Crippen LogP contribution in [0.3, 0.4) is 0 Å². The number of nitrogen functional groups attached to an aromatic ring is 1. The van der Waals surface area contributed by atoms with Gasteiger partial charge in [-0.1, -0.05) is 25.1 Å². The zero-order valence-corrected chi connectivity index (χ0v) is 23.4. The van der Waals surface area contributed by atoms with Gasteiger partial charge >= 0.3 is 11.9 Å². The van der Waals surface area contributed by atoms with Crippen LogP contribution in [0.5, 0.6) is 0 Å². The molecule has 0 aliphatic rings. The number of hydrogen-bond donors (Lipinski definition) is 4. The molecule has 0 saturated carbocycles. The number of nitrogens with one attached hydrogen (secondary N) is 2. The van der Waals surface area contributed by atoms with E-state index in [0.717, 1.165) is 28.8 Å². The van der Waals surface area contributed by atoms with Crippen LogP contribution in [0.2, 0.25) is 0 Å². The molecule has 0 aliphatic heterocycles. The summed E-state index contributed by atoms with van der Waals surface area (Å²) in [5.41, 5.74) is 14.7. The molecule has 2 atom stereocenters. The minimum Gasteiger partial charge on any atom is -0.462 e. The molecular formula is C26H37N7O5S. The monoisotopic (exact) mass is 559 g/mol. The van der Waals surface area contributed by atoms with Crippen molar-refractivity contribution in [2.45, 2.75) is 52.4 Å². The third-order valence-corrected chi connectivity index (χ3v) is 7.03. The van der Waals surface area contributed by atoms with Crippen LogP contribution in [0.15, 0.2) is 24.3 Å². The Hall–Kier alpha value is -3.42. The topological polar surface area (TPSA) is 176 Å². The standard InChI is InChI=1S/C26H37N7O5S/c1-4-29-12-22-32-23-24(19-8-5-6-9-21(19)31-25(23)28)33(22)11-7-10-30-26(36)20(27)15-39-14-18(38-17(3)35)13-37-16(2)34/h5-6,8-9,18,20,29H,4,7,10-15,27H2,1-3H3,(H2,28,31)(H,30,36)/t18?,20-/m0/s1. The van der Waals surface area contributed by atoms with E-state index in [1.54, 1.807) is 0 Å². The number of anilines is 1. The molecule has 0 saturated heterocycles. The first-order valence-corrected chi connectivity index (χ1v) is 14.0. The molecule has 39 heavy (non-hydrogen) atoms. The molecular weight excluding hydrogens is 522 g/mol. The number of carbonyl (C=O) groups excluding carboxylic acids is 3. The first-order valence-electron chi connectivity index (χ1n) is 12.9. The predicted molar refractivity (Wildman–Crippen MR) is 152 cm³/mol. The van der Waals surface area contributed by atoms with E-state index in [1.165, 1.54) is 25.6 Å². The third-order valence-electron chi connectivity index (χ3n) is 5.82. The van der Waals surface area contributed by atoms with Gasteiger partial charge in [-0.15, -0.1) is 0 Å². The quantitative estimate of drug-likeness (QED) is 0.156. The van der Waals surface area contributed by atoms with Crippen LogP contribution in [-0.4, -0.2) is 75.7 Å². The fourth-order valence-corrected chi connectivity index (χ4v) is 5.03. The van der Waals surface area contributed by atoms with Gasteiger partial charge in [0, 0.05) is 43.8 Å². The van der Waals surface area contributed by atoms with E-state index >= 15 is 0 Å². The number of ether oxygens (including phenoxy) is 2. The van der Waals surface area contributed by atoms with Gasteiger partial charge in [0.1, 0.15) is 24.1 Å². The van der Waals surface area contributed by atoms with Crippen molar-refractivity contribution in [2.75, 3.05) is 36.9 Å². The highest BCUT2D eigenvalue weighted by Gasteiger charge is 2.19. The summed E-state index contributed by atoms with van der Waals surface area (Å²) in [6.45, 7) is 6.99. The van der Waals surface area contributed by atoms with Gasteiger partial charge in [-0.3, -0.25) is 14.4 Å². The highest BCUT2D eigenvalue weighted by molar-refractivity contribution is 7.99. The molecule has 1 unspecified atom stereocenters. The van der Waals surface area contributed by atoms with Gasteiger partial charge < -0.3 is 36.1 Å². The number of nitrogens with two attached hydrogens (primary N) is 2. The smallest absolute Gasteiger partial charge is 0.303 e. The SMILES string of the molecule is CCNCc1nc2c(N)nc3ccccc3c2n1CCCNC(=O)[C@@H](N)CSCC(COC(C)=O)OC(C)=O. The molecule has 0 spiro atoms. The number of aromatic nitrogens is 3. The lowest BCUT2D eigenvalue weighted by Gasteiger charge is -2.18. The van der Waals surface area contributed by atoms with E-state index < -0.39 is 24.1 Å². The first-order chi connectivity index (χ1) is 18.7. The number of rotatable bonds is 15. The summed E-state index contributed by atoms with van der Waals surface area (Å²) in [5.74, 6) is 0.713. The molecule has 0 bridgehead atoms. The van der Waals surface area contributed by atoms with Crippen molar-refractivity contribution < 1.29 is 23.9 Å². The summed E-state index contributed by atoms with van der Waals surface area (Å²) >= 11 is 1.35. The van der Waals surface area contributed by atoms with E-state index in [2.05, 4.69) is 20.2 Å². The van der Waals surface area contributed by atoms with Crippen molar-refractivity contribution >= 4 is 57.4 Å². The maximum Gasteiger partial charge on any atom is 0.303 e. The number of thioether (sulfide) groups is 1. The van der Waals surface area contributed by atoms with Gasteiger partial charge in [0.25, 0.3) is 0 Å². The Labute approximate surface area is 231 Å². The second kappa shape index (κ2) is 14.7. The third kappa shape index (κ3) is 8.53. The summed E-state index contributed by atoms with van der Waals surface area (Å²) in [5, 5.41) is 7.19. The first kappa shape index (κ1) is 30.1. The van der Waals surface area contributed by atoms with Crippen LogP contribution in [0.4, 0.5) is 5.82 Å². The van der Waals surface area contributed by atoms with E-state index in [9.17, 15) is 14.4 Å². The van der Waals surface area contributed by atoms with E-state index in [-0.39, 0.29) is 12.5 Å². The lowest BCUT2D eigenvalue weighted by Crippen LogP contribution is -2.43. The van der Waals surface area contributed by atoms with Crippen LogP contribution in [-0.2, 0) is 36.9 Å². The number of esters is 2. The molecule has 13 heteroatoms. The fourth-order valence-electron chi connectivity index (χ4n) is 4.06. The molecule has 0 aliphatic carbocycles. The maximum atomic E-state index is 12.6. The Morgan fingerprint density at radius 1 is 1.13 bits per heavy atom. The summed E-state index contributed by atoms with van der Waals surface area (Å²) in [6, 6.07) is 7.09. The van der Waals surface area contributed by atoms with Crippen molar-refractivity contribution in [3.05, 3.63) is 30.1 Å². The molecule has 3 rings (SSSR count). The average Bonchev–Trinajstić information content (AvgIpc) is 3.27. The molecule has 1 amide bonds. The van der Waals surface area contributed by atoms with E-state index in [4.69, 9.17) is 25.9 Å². The van der Waals surface area contributed by atoms with Gasteiger partial charge in [0.2, 0.25) is 5.91 Å². The van der Waals surface area contributed by atoms with Gasteiger partial charge in [-0.25, -0.2) is 9.97 Å². The number of hydrogen-bond acceptors (Lipinski definition) is 11. The molecule has 3 aromatic rings. The number of pyridine rings is 1. The Kier molecular flexibility index (Phi) is 11.3. The van der Waals surface area contributed by atoms with Crippen molar-refractivity contribution in [3.63, 3.8) is 0 Å². The van der Waals surface area contributed by atoms with Crippen LogP contribution >= 0.6 is 11.8 Å².